The first-order chi connectivity index (χ1) is 11.1. The lowest BCUT2D eigenvalue weighted by Gasteiger charge is -2.26. The standard InChI is InChI=1S/C18H23N3O2/c1-13-7-5-6-10-16(13)21-17(22)12-11-15(20-21)18(23)19-14-8-3-2-4-9-14/h5-7,10,14H,2-4,8-9,11-12H2,1H3,(H,19,23). The van der Waals surface area contributed by atoms with Crippen LogP contribution in [0.4, 0.5) is 5.69 Å². The number of aryl methyl sites for hydroxylation is 1. The van der Waals surface area contributed by atoms with E-state index in [1.165, 1.54) is 24.3 Å². The third kappa shape index (κ3) is 3.60. The lowest BCUT2D eigenvalue weighted by molar-refractivity contribution is -0.119. The molecule has 5 heteroatoms. The monoisotopic (exact) mass is 313 g/mol. The van der Waals surface area contributed by atoms with Crippen molar-refractivity contribution >= 4 is 23.2 Å². The molecule has 1 aliphatic carbocycles. The van der Waals surface area contributed by atoms with Crippen LogP contribution in [0.15, 0.2) is 29.4 Å². The van der Waals surface area contributed by atoms with Gasteiger partial charge < -0.3 is 5.32 Å². The van der Waals surface area contributed by atoms with E-state index in [0.717, 1.165) is 24.1 Å². The van der Waals surface area contributed by atoms with E-state index in [-0.39, 0.29) is 17.9 Å². The van der Waals surface area contributed by atoms with Crippen LogP contribution in [0.3, 0.4) is 0 Å². The summed E-state index contributed by atoms with van der Waals surface area (Å²) in [5.41, 5.74) is 2.18. The predicted molar refractivity (Wildman–Crippen MR) is 90.3 cm³/mol. The van der Waals surface area contributed by atoms with Crippen LogP contribution in [0.25, 0.3) is 0 Å². The Morgan fingerprint density at radius 3 is 2.65 bits per heavy atom. The number of para-hydroxylation sites is 1. The molecule has 5 nitrogen and oxygen atoms in total. The number of hydrogen-bond donors (Lipinski definition) is 1. The number of carbonyl (C=O) groups excluding carboxylic acids is 2. The van der Waals surface area contributed by atoms with Gasteiger partial charge in [0.25, 0.3) is 5.91 Å². The average molecular weight is 313 g/mol. The predicted octanol–water partition coefficient (Wildman–Crippen LogP) is 2.93. The number of rotatable bonds is 3. The maximum absolute atomic E-state index is 12.5. The molecule has 0 radical (unpaired) electrons. The van der Waals surface area contributed by atoms with E-state index in [4.69, 9.17) is 0 Å². The number of anilines is 1. The van der Waals surface area contributed by atoms with E-state index in [9.17, 15) is 9.59 Å². The zero-order chi connectivity index (χ0) is 16.2. The van der Waals surface area contributed by atoms with Crippen molar-refractivity contribution in [1.29, 1.82) is 0 Å². The Hall–Kier alpha value is -2.17. The molecule has 0 bridgehead atoms. The van der Waals surface area contributed by atoms with Gasteiger partial charge >= 0.3 is 0 Å². The van der Waals surface area contributed by atoms with Crippen molar-refractivity contribution in [3.8, 4) is 0 Å². The van der Waals surface area contributed by atoms with Gasteiger partial charge in [0.2, 0.25) is 5.91 Å². The number of hydrazone groups is 1. The summed E-state index contributed by atoms with van der Waals surface area (Å²) in [6.07, 6.45) is 6.42. The minimum atomic E-state index is -0.122. The van der Waals surface area contributed by atoms with Crippen LogP contribution < -0.4 is 10.3 Å². The number of nitrogens with one attached hydrogen (secondary N) is 1. The summed E-state index contributed by atoms with van der Waals surface area (Å²) in [5, 5.41) is 8.81. The average Bonchev–Trinajstić information content (AvgIpc) is 2.57. The van der Waals surface area contributed by atoms with Crippen molar-refractivity contribution in [2.45, 2.75) is 57.9 Å². The molecule has 1 aromatic carbocycles. The van der Waals surface area contributed by atoms with Crippen LogP contribution in [0.2, 0.25) is 0 Å². The SMILES string of the molecule is Cc1ccccc1N1N=C(C(=O)NC2CCCCC2)CCC1=O. The van der Waals surface area contributed by atoms with Crippen molar-refractivity contribution < 1.29 is 9.59 Å². The topological polar surface area (TPSA) is 61.8 Å². The molecule has 1 heterocycles. The maximum Gasteiger partial charge on any atom is 0.267 e. The first-order valence-electron chi connectivity index (χ1n) is 8.42. The molecule has 0 spiro atoms. The van der Waals surface area contributed by atoms with Gasteiger partial charge in [0.15, 0.2) is 0 Å². The normalized spacial score (nSPS) is 19.4. The highest BCUT2D eigenvalue weighted by Gasteiger charge is 2.27. The van der Waals surface area contributed by atoms with E-state index in [0.29, 0.717) is 18.6 Å². The molecular formula is C18H23N3O2. The Morgan fingerprint density at radius 2 is 1.91 bits per heavy atom. The van der Waals surface area contributed by atoms with Gasteiger partial charge in [-0.15, -0.1) is 0 Å². The zero-order valence-electron chi connectivity index (χ0n) is 13.5. The second kappa shape index (κ2) is 6.94. The summed E-state index contributed by atoms with van der Waals surface area (Å²) in [6.45, 7) is 1.94. The van der Waals surface area contributed by atoms with E-state index < -0.39 is 0 Å². The van der Waals surface area contributed by atoms with Gasteiger partial charge in [-0.25, -0.2) is 5.01 Å². The molecule has 1 N–H and O–H groups in total. The van der Waals surface area contributed by atoms with E-state index in [1.807, 2.05) is 31.2 Å². The number of amides is 2. The Kier molecular flexibility index (Phi) is 4.74. The molecule has 122 valence electrons. The van der Waals surface area contributed by atoms with Crippen molar-refractivity contribution in [2.24, 2.45) is 5.10 Å². The zero-order valence-corrected chi connectivity index (χ0v) is 13.5. The molecule has 1 saturated carbocycles. The number of benzene rings is 1. The van der Waals surface area contributed by atoms with E-state index >= 15 is 0 Å². The quantitative estimate of drug-likeness (QED) is 0.932. The van der Waals surface area contributed by atoms with Crippen LogP contribution >= 0.6 is 0 Å². The molecule has 1 fully saturated rings. The maximum atomic E-state index is 12.5. The van der Waals surface area contributed by atoms with Crippen LogP contribution in [-0.4, -0.2) is 23.6 Å². The molecule has 1 aliphatic heterocycles. The Bertz CT molecular complexity index is 633. The van der Waals surface area contributed by atoms with Gasteiger partial charge in [0.05, 0.1) is 5.69 Å². The molecule has 0 saturated heterocycles. The van der Waals surface area contributed by atoms with Crippen molar-refractivity contribution in [3.63, 3.8) is 0 Å². The largest absolute Gasteiger partial charge is 0.348 e. The Labute approximate surface area is 136 Å². The Balaban J connectivity index is 1.76. The molecule has 0 atom stereocenters. The summed E-state index contributed by atoms with van der Waals surface area (Å²) in [5.74, 6) is -0.184. The van der Waals surface area contributed by atoms with Gasteiger partial charge in [-0.1, -0.05) is 37.5 Å². The highest BCUT2D eigenvalue weighted by molar-refractivity contribution is 6.40. The summed E-state index contributed by atoms with van der Waals surface area (Å²) in [6, 6.07) is 7.85. The third-order valence-corrected chi connectivity index (χ3v) is 4.58. The van der Waals surface area contributed by atoms with Crippen molar-refractivity contribution in [1.82, 2.24) is 5.32 Å². The lowest BCUT2D eigenvalue weighted by Crippen LogP contribution is -2.43. The molecule has 2 aliphatic rings. The molecule has 2 amide bonds. The molecule has 0 unspecified atom stereocenters. The minimum Gasteiger partial charge on any atom is -0.348 e. The molecule has 23 heavy (non-hydrogen) atoms. The van der Waals surface area contributed by atoms with Gasteiger partial charge in [-0.05, 0) is 31.4 Å². The van der Waals surface area contributed by atoms with Gasteiger partial charge in [0.1, 0.15) is 5.71 Å². The van der Waals surface area contributed by atoms with Crippen LogP contribution in [0.1, 0.15) is 50.5 Å². The third-order valence-electron chi connectivity index (χ3n) is 4.58. The summed E-state index contributed by atoms with van der Waals surface area (Å²) >= 11 is 0. The molecule has 1 aromatic rings. The van der Waals surface area contributed by atoms with Gasteiger partial charge in [-0.3, -0.25) is 9.59 Å². The van der Waals surface area contributed by atoms with Crippen LogP contribution in [0.5, 0.6) is 0 Å². The van der Waals surface area contributed by atoms with Gasteiger partial charge in [-0.2, -0.15) is 5.10 Å². The Morgan fingerprint density at radius 1 is 1.17 bits per heavy atom. The second-order valence-corrected chi connectivity index (χ2v) is 6.35. The van der Waals surface area contributed by atoms with E-state index in [1.54, 1.807) is 0 Å². The lowest BCUT2D eigenvalue weighted by atomic mass is 9.95. The number of carbonyl (C=O) groups is 2. The fourth-order valence-corrected chi connectivity index (χ4v) is 3.22. The minimum absolute atomic E-state index is 0.0616. The molecular weight excluding hydrogens is 290 g/mol. The molecule has 3 rings (SSSR count). The number of nitrogens with zero attached hydrogens (tertiary/aromatic N) is 2. The summed E-state index contributed by atoms with van der Waals surface area (Å²) in [7, 11) is 0. The second-order valence-electron chi connectivity index (χ2n) is 6.35. The van der Waals surface area contributed by atoms with Crippen LogP contribution in [0, 0.1) is 6.92 Å². The number of hydrogen-bond acceptors (Lipinski definition) is 3. The van der Waals surface area contributed by atoms with Crippen molar-refractivity contribution in [2.75, 3.05) is 5.01 Å². The smallest absolute Gasteiger partial charge is 0.267 e. The van der Waals surface area contributed by atoms with Crippen molar-refractivity contribution in [3.05, 3.63) is 29.8 Å². The summed E-state index contributed by atoms with van der Waals surface area (Å²) in [4.78, 5) is 24.6. The van der Waals surface area contributed by atoms with Gasteiger partial charge in [0, 0.05) is 18.9 Å². The molecule has 0 aromatic heterocycles. The first kappa shape index (κ1) is 15.7. The summed E-state index contributed by atoms with van der Waals surface area (Å²) < 4.78 is 0. The van der Waals surface area contributed by atoms with Crippen LogP contribution in [-0.2, 0) is 9.59 Å². The fraction of sp³-hybridized carbons (Fsp3) is 0.500. The highest BCUT2D eigenvalue weighted by atomic mass is 16.2. The fourth-order valence-electron chi connectivity index (χ4n) is 3.22. The van der Waals surface area contributed by atoms with E-state index in [2.05, 4.69) is 10.4 Å². The first-order valence-corrected chi connectivity index (χ1v) is 8.42. The highest BCUT2D eigenvalue weighted by Crippen LogP contribution is 2.24.